The minimum absolute atomic E-state index is 0.00610. The Morgan fingerprint density at radius 3 is 2.68 bits per heavy atom. The van der Waals surface area contributed by atoms with Crippen LogP contribution in [0.25, 0.3) is 5.57 Å². The van der Waals surface area contributed by atoms with Crippen LogP contribution in [0.3, 0.4) is 0 Å². The molecule has 0 amide bonds. The standard InChI is InChI=1S/C25H26N2O/c1-5-15-27-21-11-7-6-10-20(21)25(3,4)22(27)13-12-18-16-17(2)19-9-8-14-26-23(19)24(18)28/h6-14,16H,5,15H2,1-4H3/b18-12-,22-13-. The number of para-hydroxylation sites is 1. The summed E-state index contributed by atoms with van der Waals surface area (Å²) in [7, 11) is 0. The zero-order valence-corrected chi connectivity index (χ0v) is 17.0. The number of rotatable bonds is 3. The zero-order valence-electron chi connectivity index (χ0n) is 17.0. The fourth-order valence-corrected chi connectivity index (χ4v) is 4.32. The number of Topliss-reactive ketones (excluding diaryl/α,β-unsaturated/α-hetero) is 1. The van der Waals surface area contributed by atoms with Crippen molar-refractivity contribution in [2.45, 2.75) is 39.5 Å². The summed E-state index contributed by atoms with van der Waals surface area (Å²) >= 11 is 0. The third-order valence-corrected chi connectivity index (χ3v) is 5.75. The summed E-state index contributed by atoms with van der Waals surface area (Å²) in [6, 6.07) is 12.4. The molecule has 142 valence electrons. The second kappa shape index (κ2) is 6.90. The van der Waals surface area contributed by atoms with Crippen molar-refractivity contribution in [3.63, 3.8) is 0 Å². The number of fused-ring (bicyclic) bond motifs is 2. The van der Waals surface area contributed by atoms with E-state index in [0.29, 0.717) is 11.3 Å². The minimum Gasteiger partial charge on any atom is -0.344 e. The summed E-state index contributed by atoms with van der Waals surface area (Å²) in [5.41, 5.74) is 6.98. The van der Waals surface area contributed by atoms with Crippen LogP contribution in [0.4, 0.5) is 5.69 Å². The molecule has 0 bridgehead atoms. The van der Waals surface area contributed by atoms with Gasteiger partial charge in [0, 0.05) is 40.7 Å². The van der Waals surface area contributed by atoms with E-state index < -0.39 is 0 Å². The van der Waals surface area contributed by atoms with Gasteiger partial charge < -0.3 is 4.90 Å². The fourth-order valence-electron chi connectivity index (χ4n) is 4.32. The van der Waals surface area contributed by atoms with Crippen LogP contribution in [0.2, 0.25) is 0 Å². The van der Waals surface area contributed by atoms with Crippen molar-refractivity contribution in [2.75, 3.05) is 11.4 Å². The summed E-state index contributed by atoms with van der Waals surface area (Å²) in [5.74, 6) is -0.00610. The van der Waals surface area contributed by atoms with Gasteiger partial charge in [-0.05, 0) is 54.8 Å². The molecule has 2 aliphatic rings. The maximum Gasteiger partial charge on any atom is 0.211 e. The monoisotopic (exact) mass is 370 g/mol. The van der Waals surface area contributed by atoms with Crippen molar-refractivity contribution in [1.29, 1.82) is 0 Å². The van der Waals surface area contributed by atoms with Gasteiger partial charge in [0.25, 0.3) is 0 Å². The van der Waals surface area contributed by atoms with Crippen LogP contribution >= 0.6 is 0 Å². The lowest BCUT2D eigenvalue weighted by atomic mass is 9.83. The van der Waals surface area contributed by atoms with Crippen molar-refractivity contribution >= 4 is 17.0 Å². The number of nitrogens with zero attached hydrogens (tertiary/aromatic N) is 2. The number of carbonyl (C=O) groups is 1. The van der Waals surface area contributed by atoms with Crippen LogP contribution < -0.4 is 4.90 Å². The lowest BCUT2D eigenvalue weighted by Crippen LogP contribution is -2.26. The number of pyridine rings is 1. The highest BCUT2D eigenvalue weighted by atomic mass is 16.1. The number of ketones is 1. The third kappa shape index (κ3) is 2.82. The average molecular weight is 370 g/mol. The van der Waals surface area contributed by atoms with Gasteiger partial charge in [0.1, 0.15) is 5.69 Å². The molecule has 3 heteroatoms. The Morgan fingerprint density at radius 2 is 1.89 bits per heavy atom. The van der Waals surface area contributed by atoms with Gasteiger partial charge in [-0.15, -0.1) is 0 Å². The SMILES string of the molecule is CCCN1/C(=C\C=C2\C=C(C)c3cccnc3C2=O)C(C)(C)c2ccccc21. The Hall–Kier alpha value is -2.94. The Balaban J connectivity index is 1.79. The average Bonchev–Trinajstić information content (AvgIpc) is 2.91. The molecule has 0 saturated carbocycles. The number of benzene rings is 1. The molecule has 2 heterocycles. The molecule has 0 fully saturated rings. The van der Waals surface area contributed by atoms with Crippen molar-refractivity contribution in [1.82, 2.24) is 4.98 Å². The number of hydrogen-bond acceptors (Lipinski definition) is 3. The molecule has 4 rings (SSSR count). The molecule has 1 aliphatic carbocycles. The van der Waals surface area contributed by atoms with Gasteiger partial charge in [0.15, 0.2) is 0 Å². The molecule has 0 saturated heterocycles. The number of aromatic nitrogens is 1. The molecule has 0 radical (unpaired) electrons. The highest BCUT2D eigenvalue weighted by molar-refractivity contribution is 6.15. The molecule has 1 aromatic carbocycles. The normalized spacial score (nSPS) is 20.4. The molecule has 0 spiro atoms. The summed E-state index contributed by atoms with van der Waals surface area (Å²) in [5, 5.41) is 0. The van der Waals surface area contributed by atoms with Gasteiger partial charge in [-0.1, -0.05) is 45.0 Å². The van der Waals surface area contributed by atoms with Gasteiger partial charge in [-0.2, -0.15) is 0 Å². The number of carbonyl (C=O) groups excluding carboxylic acids is 1. The van der Waals surface area contributed by atoms with E-state index in [1.807, 2.05) is 31.2 Å². The van der Waals surface area contributed by atoms with E-state index in [2.05, 4.69) is 61.0 Å². The molecule has 0 unspecified atom stereocenters. The number of hydrogen-bond donors (Lipinski definition) is 0. The summed E-state index contributed by atoms with van der Waals surface area (Å²) in [4.78, 5) is 19.7. The predicted octanol–water partition coefficient (Wildman–Crippen LogP) is 5.70. The third-order valence-electron chi connectivity index (χ3n) is 5.75. The van der Waals surface area contributed by atoms with E-state index in [4.69, 9.17) is 0 Å². The molecular formula is C25H26N2O. The molecular weight excluding hydrogens is 344 g/mol. The molecule has 2 aromatic rings. The van der Waals surface area contributed by atoms with Crippen LogP contribution in [-0.2, 0) is 5.41 Å². The first kappa shape index (κ1) is 18.4. The van der Waals surface area contributed by atoms with E-state index in [9.17, 15) is 4.79 Å². The largest absolute Gasteiger partial charge is 0.344 e. The van der Waals surface area contributed by atoms with Gasteiger partial charge >= 0.3 is 0 Å². The second-order valence-corrected chi connectivity index (χ2v) is 8.02. The Morgan fingerprint density at radius 1 is 1.11 bits per heavy atom. The van der Waals surface area contributed by atoms with E-state index in [1.165, 1.54) is 16.9 Å². The number of allylic oxidation sites excluding steroid dienone is 6. The molecule has 0 atom stereocenters. The van der Waals surface area contributed by atoms with E-state index in [-0.39, 0.29) is 11.2 Å². The molecule has 28 heavy (non-hydrogen) atoms. The van der Waals surface area contributed by atoms with Crippen molar-refractivity contribution in [3.8, 4) is 0 Å². The molecule has 1 aromatic heterocycles. The summed E-state index contributed by atoms with van der Waals surface area (Å²) < 4.78 is 0. The van der Waals surface area contributed by atoms with E-state index in [0.717, 1.165) is 24.1 Å². The first-order valence-corrected chi connectivity index (χ1v) is 9.93. The van der Waals surface area contributed by atoms with E-state index >= 15 is 0 Å². The van der Waals surface area contributed by atoms with E-state index in [1.54, 1.807) is 6.20 Å². The summed E-state index contributed by atoms with van der Waals surface area (Å²) in [6.07, 6.45) is 8.82. The minimum atomic E-state index is -0.102. The van der Waals surface area contributed by atoms with Crippen LogP contribution in [0.15, 0.2) is 72.1 Å². The molecule has 3 nitrogen and oxygen atoms in total. The van der Waals surface area contributed by atoms with Crippen LogP contribution in [-0.4, -0.2) is 17.3 Å². The summed E-state index contributed by atoms with van der Waals surface area (Å²) in [6.45, 7) is 9.71. The predicted molar refractivity (Wildman–Crippen MR) is 115 cm³/mol. The lowest BCUT2D eigenvalue weighted by Gasteiger charge is -2.26. The van der Waals surface area contributed by atoms with Gasteiger partial charge in [0.05, 0.1) is 0 Å². The van der Waals surface area contributed by atoms with Crippen molar-refractivity contribution in [3.05, 3.63) is 88.9 Å². The van der Waals surface area contributed by atoms with Crippen LogP contribution in [0.1, 0.15) is 55.7 Å². The first-order valence-electron chi connectivity index (χ1n) is 9.93. The van der Waals surface area contributed by atoms with Crippen molar-refractivity contribution < 1.29 is 4.79 Å². The molecule has 1 aliphatic heterocycles. The number of anilines is 1. The topological polar surface area (TPSA) is 33.2 Å². The quantitative estimate of drug-likeness (QED) is 0.650. The maximum atomic E-state index is 12.9. The Labute approximate surface area is 167 Å². The second-order valence-electron chi connectivity index (χ2n) is 8.02. The zero-order chi connectivity index (χ0) is 19.9. The Kier molecular flexibility index (Phi) is 4.54. The van der Waals surface area contributed by atoms with Gasteiger partial charge in [0.2, 0.25) is 5.78 Å². The highest BCUT2D eigenvalue weighted by Gasteiger charge is 2.39. The van der Waals surface area contributed by atoms with Crippen molar-refractivity contribution in [2.24, 2.45) is 0 Å². The van der Waals surface area contributed by atoms with Gasteiger partial charge in [-0.25, -0.2) is 0 Å². The lowest BCUT2D eigenvalue weighted by molar-refractivity contribution is 0.103. The smallest absolute Gasteiger partial charge is 0.211 e. The van der Waals surface area contributed by atoms with Crippen LogP contribution in [0.5, 0.6) is 0 Å². The highest BCUT2D eigenvalue weighted by Crippen LogP contribution is 2.47. The van der Waals surface area contributed by atoms with Crippen LogP contribution in [0, 0.1) is 0 Å². The Bertz CT molecular complexity index is 1040. The van der Waals surface area contributed by atoms with Gasteiger partial charge in [-0.3, -0.25) is 9.78 Å². The molecule has 0 N–H and O–H groups in total. The first-order chi connectivity index (χ1) is 13.4. The fraction of sp³-hybridized carbons (Fsp3) is 0.280. The maximum absolute atomic E-state index is 12.9.